The number of hydrogen-bond donors (Lipinski definition) is 0. The van der Waals surface area contributed by atoms with E-state index < -0.39 is 0 Å². The third kappa shape index (κ3) is 4.86. The van der Waals surface area contributed by atoms with Crippen LogP contribution in [-0.4, -0.2) is 18.8 Å². The summed E-state index contributed by atoms with van der Waals surface area (Å²) in [6.45, 7) is 18.2. The Balaban J connectivity index is 4.52. The summed E-state index contributed by atoms with van der Waals surface area (Å²) in [5.74, 6) is 0.476. The molecule has 0 bridgehead atoms. The van der Waals surface area contributed by atoms with E-state index in [1.165, 1.54) is 0 Å². The quantitative estimate of drug-likeness (QED) is 0.674. The van der Waals surface area contributed by atoms with Crippen molar-refractivity contribution in [1.82, 2.24) is 0 Å². The van der Waals surface area contributed by atoms with Crippen molar-refractivity contribution in [3.8, 4) is 6.26 Å². The highest BCUT2D eigenvalue weighted by molar-refractivity contribution is 4.88. The first-order valence-electron chi connectivity index (χ1n) is 6.59. The van der Waals surface area contributed by atoms with E-state index in [0.717, 1.165) is 0 Å². The average molecular weight is 255 g/mol. The largest absolute Gasteiger partial charge is 0.427 e. The van der Waals surface area contributed by atoms with Gasteiger partial charge in [-0.05, 0) is 25.2 Å². The second-order valence-corrected chi connectivity index (χ2v) is 7.35. The fourth-order valence-electron chi connectivity index (χ4n) is 1.17. The van der Waals surface area contributed by atoms with Gasteiger partial charge in [0.05, 0.1) is 12.2 Å². The minimum atomic E-state index is -0.330. The van der Waals surface area contributed by atoms with Crippen LogP contribution in [0.2, 0.25) is 0 Å². The van der Waals surface area contributed by atoms with Crippen LogP contribution in [0.25, 0.3) is 0 Å². The molecule has 0 spiro atoms. The van der Waals surface area contributed by atoms with Gasteiger partial charge in [-0.3, -0.25) is 0 Å². The Morgan fingerprint density at radius 1 is 1.06 bits per heavy atom. The van der Waals surface area contributed by atoms with Crippen molar-refractivity contribution >= 4 is 0 Å². The van der Waals surface area contributed by atoms with Crippen molar-refractivity contribution in [2.24, 2.45) is 16.7 Å². The van der Waals surface area contributed by atoms with Gasteiger partial charge in [-0.1, -0.05) is 41.5 Å². The van der Waals surface area contributed by atoms with Gasteiger partial charge in [-0.2, -0.15) is 5.26 Å². The van der Waals surface area contributed by atoms with Crippen molar-refractivity contribution in [3.05, 3.63) is 0 Å². The third-order valence-corrected chi connectivity index (χ3v) is 4.30. The molecule has 1 unspecified atom stereocenters. The Hall–Kier alpha value is -0.750. The maximum absolute atomic E-state index is 8.51. The van der Waals surface area contributed by atoms with E-state index in [4.69, 9.17) is 14.7 Å². The second kappa shape index (κ2) is 5.93. The first-order chi connectivity index (χ1) is 7.94. The lowest BCUT2D eigenvalue weighted by atomic mass is 9.77. The maximum atomic E-state index is 8.51. The molecule has 0 amide bonds. The highest BCUT2D eigenvalue weighted by Crippen LogP contribution is 2.36. The lowest BCUT2D eigenvalue weighted by Gasteiger charge is -2.42. The first kappa shape index (κ1) is 17.2. The predicted octanol–water partition coefficient (Wildman–Crippen LogP) is 3.99. The zero-order chi connectivity index (χ0) is 14.6. The zero-order valence-electron chi connectivity index (χ0n) is 13.3. The molecular formula is C15H29NO2. The Morgan fingerprint density at radius 2 is 1.56 bits per heavy atom. The molecular weight excluding hydrogens is 226 g/mol. The summed E-state index contributed by atoms with van der Waals surface area (Å²) < 4.78 is 11.0. The summed E-state index contributed by atoms with van der Waals surface area (Å²) in [5, 5.41) is 8.51. The molecule has 1 atom stereocenters. The molecule has 0 aliphatic carbocycles. The molecule has 3 nitrogen and oxygen atoms in total. The number of ether oxygens (including phenoxy) is 2. The van der Waals surface area contributed by atoms with E-state index in [1.54, 1.807) is 6.26 Å². The highest BCUT2D eigenvalue weighted by Gasteiger charge is 2.39. The van der Waals surface area contributed by atoms with E-state index in [1.807, 2.05) is 0 Å². The molecule has 3 heteroatoms. The van der Waals surface area contributed by atoms with Crippen LogP contribution < -0.4 is 0 Å². The Kier molecular flexibility index (Phi) is 5.68. The third-order valence-electron chi connectivity index (χ3n) is 4.30. The number of hydrogen-bond acceptors (Lipinski definition) is 3. The van der Waals surface area contributed by atoms with Crippen molar-refractivity contribution in [2.45, 2.75) is 61.0 Å². The fourth-order valence-corrected chi connectivity index (χ4v) is 1.17. The van der Waals surface area contributed by atoms with E-state index in [0.29, 0.717) is 19.1 Å². The highest BCUT2D eigenvalue weighted by atomic mass is 16.5. The SMILES string of the molecule is CC(COC(C)(C)C(C)(C)COC#N)C(C)(C)C. The average Bonchev–Trinajstić information content (AvgIpc) is 2.21. The van der Waals surface area contributed by atoms with Gasteiger partial charge in [0.1, 0.15) is 6.61 Å². The number of nitriles is 1. The summed E-state index contributed by atoms with van der Waals surface area (Å²) in [6, 6.07) is 0. The number of nitrogens with zero attached hydrogens (tertiary/aromatic N) is 1. The molecule has 0 N–H and O–H groups in total. The van der Waals surface area contributed by atoms with Gasteiger partial charge in [0, 0.05) is 5.41 Å². The van der Waals surface area contributed by atoms with E-state index in [9.17, 15) is 0 Å². The fraction of sp³-hybridized carbons (Fsp3) is 0.933. The van der Waals surface area contributed by atoms with Crippen LogP contribution in [0.5, 0.6) is 0 Å². The molecule has 0 aliphatic heterocycles. The minimum absolute atomic E-state index is 0.208. The molecule has 0 aromatic rings. The van der Waals surface area contributed by atoms with Crippen LogP contribution in [0.15, 0.2) is 0 Å². The van der Waals surface area contributed by atoms with Gasteiger partial charge < -0.3 is 9.47 Å². The molecule has 0 radical (unpaired) electrons. The zero-order valence-corrected chi connectivity index (χ0v) is 13.3. The molecule has 0 saturated carbocycles. The summed E-state index contributed by atoms with van der Waals surface area (Å²) in [4.78, 5) is 0. The summed E-state index contributed by atoms with van der Waals surface area (Å²) >= 11 is 0. The maximum Gasteiger partial charge on any atom is 0.286 e. The van der Waals surface area contributed by atoms with Crippen LogP contribution in [0, 0.1) is 28.3 Å². The van der Waals surface area contributed by atoms with Crippen LogP contribution in [0.4, 0.5) is 0 Å². The first-order valence-corrected chi connectivity index (χ1v) is 6.59. The van der Waals surface area contributed by atoms with Crippen molar-refractivity contribution in [2.75, 3.05) is 13.2 Å². The van der Waals surface area contributed by atoms with Crippen molar-refractivity contribution < 1.29 is 9.47 Å². The molecule has 0 aromatic carbocycles. The number of rotatable bonds is 6. The minimum Gasteiger partial charge on any atom is -0.427 e. The Bertz CT molecular complexity index is 295. The van der Waals surface area contributed by atoms with Crippen molar-refractivity contribution in [1.29, 1.82) is 5.26 Å². The molecule has 18 heavy (non-hydrogen) atoms. The normalized spacial score (nSPS) is 15.1. The summed E-state index contributed by atoms with van der Waals surface area (Å²) in [5.41, 5.74) is -0.299. The van der Waals surface area contributed by atoms with Crippen LogP contribution >= 0.6 is 0 Å². The molecule has 0 heterocycles. The topological polar surface area (TPSA) is 42.2 Å². The van der Waals surface area contributed by atoms with Gasteiger partial charge in [0.25, 0.3) is 6.26 Å². The standard InChI is InChI=1S/C15H29NO2/c1-12(13(2,3)4)9-18-15(7,8)14(5,6)10-17-11-16/h12H,9-10H2,1-8H3. The van der Waals surface area contributed by atoms with Gasteiger partial charge in [-0.15, -0.1) is 0 Å². The summed E-state index contributed by atoms with van der Waals surface area (Å²) in [7, 11) is 0. The molecule has 0 rings (SSSR count). The van der Waals surface area contributed by atoms with Crippen LogP contribution in [0.3, 0.4) is 0 Å². The second-order valence-electron chi connectivity index (χ2n) is 7.35. The van der Waals surface area contributed by atoms with Gasteiger partial charge in [0.2, 0.25) is 0 Å². The van der Waals surface area contributed by atoms with E-state index in [2.05, 4.69) is 55.4 Å². The van der Waals surface area contributed by atoms with Crippen LogP contribution in [-0.2, 0) is 9.47 Å². The molecule has 0 saturated heterocycles. The van der Waals surface area contributed by atoms with Crippen molar-refractivity contribution in [3.63, 3.8) is 0 Å². The van der Waals surface area contributed by atoms with Crippen LogP contribution in [0.1, 0.15) is 55.4 Å². The van der Waals surface area contributed by atoms with Gasteiger partial charge in [0.15, 0.2) is 0 Å². The lowest BCUT2D eigenvalue weighted by molar-refractivity contribution is -0.130. The molecule has 0 aliphatic rings. The van der Waals surface area contributed by atoms with Gasteiger partial charge >= 0.3 is 0 Å². The van der Waals surface area contributed by atoms with Gasteiger partial charge in [-0.25, -0.2) is 0 Å². The smallest absolute Gasteiger partial charge is 0.286 e. The van der Waals surface area contributed by atoms with E-state index >= 15 is 0 Å². The Labute approximate surface area is 112 Å². The monoisotopic (exact) mass is 255 g/mol. The molecule has 0 fully saturated rings. The Morgan fingerprint density at radius 3 is 1.94 bits per heavy atom. The summed E-state index contributed by atoms with van der Waals surface area (Å²) in [6.07, 6.45) is 1.73. The van der Waals surface area contributed by atoms with E-state index in [-0.39, 0.29) is 16.4 Å². The molecule has 106 valence electrons. The lowest BCUT2D eigenvalue weighted by Crippen LogP contribution is -2.45. The predicted molar refractivity (Wildman–Crippen MR) is 74.0 cm³/mol. The molecule has 0 aromatic heterocycles.